The van der Waals surface area contributed by atoms with Crippen LogP contribution >= 0.6 is 34.8 Å². The molecule has 1 aromatic carbocycles. The van der Waals surface area contributed by atoms with Crippen molar-refractivity contribution >= 4 is 40.7 Å². The Morgan fingerprint density at radius 1 is 1.12 bits per heavy atom. The number of halogens is 3. The zero-order valence-electron chi connectivity index (χ0n) is 14.5. The van der Waals surface area contributed by atoms with Crippen LogP contribution in [0.3, 0.4) is 0 Å². The first kappa shape index (κ1) is 18.8. The smallest absolute Gasteiger partial charge is 0.254 e. The average molecular weight is 418 g/mol. The standard InChI is InChI=1S/C19H23Cl3N2O2/c20-11-6-16(21)18(17(22)7-11)19(25)23-12-8-13-3-4-14(9-12)24(13)10-15-2-1-5-26-15/h6-7,12-15H,1-5,8-10H2,(H,23,25). The number of nitrogens with zero attached hydrogens (tertiary/aromatic N) is 1. The third kappa shape index (κ3) is 3.85. The van der Waals surface area contributed by atoms with Crippen molar-refractivity contribution in [1.82, 2.24) is 10.2 Å². The van der Waals surface area contributed by atoms with E-state index >= 15 is 0 Å². The van der Waals surface area contributed by atoms with Crippen molar-refractivity contribution in [2.24, 2.45) is 0 Å². The van der Waals surface area contributed by atoms with Crippen molar-refractivity contribution in [2.75, 3.05) is 13.2 Å². The van der Waals surface area contributed by atoms with E-state index in [0.29, 0.717) is 38.8 Å². The van der Waals surface area contributed by atoms with Crippen LogP contribution < -0.4 is 5.32 Å². The monoisotopic (exact) mass is 416 g/mol. The van der Waals surface area contributed by atoms with E-state index in [1.165, 1.54) is 25.7 Å². The molecule has 1 N–H and O–H groups in total. The fourth-order valence-corrected chi connectivity index (χ4v) is 5.72. The number of amides is 1. The Labute approximate surface area is 169 Å². The van der Waals surface area contributed by atoms with Crippen LogP contribution in [0.25, 0.3) is 0 Å². The first-order chi connectivity index (χ1) is 12.5. The summed E-state index contributed by atoms with van der Waals surface area (Å²) in [5.74, 6) is -0.214. The minimum absolute atomic E-state index is 0.156. The van der Waals surface area contributed by atoms with Crippen LogP contribution in [0.15, 0.2) is 12.1 Å². The minimum atomic E-state index is -0.214. The molecule has 3 unspecified atom stereocenters. The molecule has 0 spiro atoms. The molecule has 3 saturated heterocycles. The average Bonchev–Trinajstić information content (AvgIpc) is 3.14. The molecule has 1 amide bonds. The molecule has 1 aromatic rings. The lowest BCUT2D eigenvalue weighted by Crippen LogP contribution is -2.52. The number of hydrogen-bond donors (Lipinski definition) is 1. The number of hydrogen-bond acceptors (Lipinski definition) is 3. The van der Waals surface area contributed by atoms with Gasteiger partial charge in [0, 0.05) is 36.3 Å². The molecular weight excluding hydrogens is 395 g/mol. The minimum Gasteiger partial charge on any atom is -0.377 e. The topological polar surface area (TPSA) is 41.6 Å². The Morgan fingerprint density at radius 2 is 1.77 bits per heavy atom. The van der Waals surface area contributed by atoms with E-state index in [1.54, 1.807) is 12.1 Å². The molecule has 3 heterocycles. The van der Waals surface area contributed by atoms with Crippen LogP contribution in [0.5, 0.6) is 0 Å². The molecule has 3 aliphatic heterocycles. The molecule has 0 radical (unpaired) electrons. The van der Waals surface area contributed by atoms with Gasteiger partial charge in [0.15, 0.2) is 0 Å². The van der Waals surface area contributed by atoms with E-state index in [1.807, 2.05) is 0 Å². The molecule has 26 heavy (non-hydrogen) atoms. The predicted molar refractivity (Wildman–Crippen MR) is 104 cm³/mol. The Balaban J connectivity index is 1.39. The summed E-state index contributed by atoms with van der Waals surface area (Å²) in [6.45, 7) is 1.93. The van der Waals surface area contributed by atoms with Crippen molar-refractivity contribution in [2.45, 2.75) is 62.8 Å². The fourth-order valence-electron chi connectivity index (χ4n) is 4.73. The highest BCUT2D eigenvalue weighted by molar-refractivity contribution is 6.42. The number of carbonyl (C=O) groups excluding carboxylic acids is 1. The first-order valence-electron chi connectivity index (χ1n) is 9.34. The van der Waals surface area contributed by atoms with Crippen LogP contribution in [-0.2, 0) is 4.74 Å². The summed E-state index contributed by atoms with van der Waals surface area (Å²) in [5, 5.41) is 4.15. The molecule has 4 nitrogen and oxygen atoms in total. The first-order valence-corrected chi connectivity index (χ1v) is 10.5. The van der Waals surface area contributed by atoms with E-state index in [-0.39, 0.29) is 11.9 Å². The second-order valence-electron chi connectivity index (χ2n) is 7.60. The summed E-state index contributed by atoms with van der Waals surface area (Å²) in [6.07, 6.45) is 7.07. The molecule has 142 valence electrons. The fraction of sp³-hybridized carbons (Fsp3) is 0.632. The number of rotatable bonds is 4. The quantitative estimate of drug-likeness (QED) is 0.781. The van der Waals surface area contributed by atoms with E-state index in [2.05, 4.69) is 10.2 Å². The summed E-state index contributed by atoms with van der Waals surface area (Å²) in [5.41, 5.74) is 0.312. The van der Waals surface area contributed by atoms with Crippen molar-refractivity contribution in [3.63, 3.8) is 0 Å². The normalized spacial score (nSPS) is 31.3. The van der Waals surface area contributed by atoms with Gasteiger partial charge in [-0.3, -0.25) is 9.69 Å². The molecular formula is C19H23Cl3N2O2. The molecule has 0 aromatic heterocycles. The summed E-state index contributed by atoms with van der Waals surface area (Å²) in [7, 11) is 0. The van der Waals surface area contributed by atoms with Crippen molar-refractivity contribution < 1.29 is 9.53 Å². The van der Waals surface area contributed by atoms with Gasteiger partial charge >= 0.3 is 0 Å². The molecule has 0 aliphatic carbocycles. The van der Waals surface area contributed by atoms with Crippen LogP contribution in [0.1, 0.15) is 48.9 Å². The van der Waals surface area contributed by atoms with Gasteiger partial charge < -0.3 is 10.1 Å². The summed E-state index contributed by atoms with van der Waals surface area (Å²) in [6, 6.07) is 4.32. The third-order valence-electron chi connectivity index (χ3n) is 5.89. The number of benzene rings is 1. The highest BCUT2D eigenvalue weighted by Gasteiger charge is 2.42. The van der Waals surface area contributed by atoms with E-state index in [4.69, 9.17) is 39.5 Å². The number of piperidine rings is 1. The molecule has 4 rings (SSSR count). The maximum atomic E-state index is 12.7. The lowest BCUT2D eigenvalue weighted by molar-refractivity contribution is 0.0332. The maximum absolute atomic E-state index is 12.7. The largest absolute Gasteiger partial charge is 0.377 e. The summed E-state index contributed by atoms with van der Waals surface area (Å²) >= 11 is 18.3. The van der Waals surface area contributed by atoms with Gasteiger partial charge in [-0.2, -0.15) is 0 Å². The van der Waals surface area contributed by atoms with Crippen LogP contribution in [0.2, 0.25) is 15.1 Å². The SMILES string of the molecule is O=C(NC1CC2CCC(C1)N2CC1CCCO1)c1c(Cl)cc(Cl)cc1Cl. The predicted octanol–water partition coefficient (Wildman–Crippen LogP) is 4.55. The molecule has 7 heteroatoms. The van der Waals surface area contributed by atoms with Gasteiger partial charge in [0.25, 0.3) is 5.91 Å². The van der Waals surface area contributed by atoms with Crippen molar-refractivity contribution in [3.05, 3.63) is 32.8 Å². The third-order valence-corrected chi connectivity index (χ3v) is 6.71. The van der Waals surface area contributed by atoms with Crippen molar-refractivity contribution in [3.8, 4) is 0 Å². The summed E-state index contributed by atoms with van der Waals surface area (Å²) < 4.78 is 5.81. The number of fused-ring (bicyclic) bond motifs is 2. The van der Waals surface area contributed by atoms with Gasteiger partial charge in [0.1, 0.15) is 0 Å². The molecule has 2 bridgehead atoms. The van der Waals surface area contributed by atoms with Crippen LogP contribution in [0, 0.1) is 0 Å². The van der Waals surface area contributed by atoms with Crippen molar-refractivity contribution in [1.29, 1.82) is 0 Å². The van der Waals surface area contributed by atoms with E-state index in [9.17, 15) is 4.79 Å². The Bertz CT molecular complexity index is 656. The number of nitrogens with one attached hydrogen (secondary N) is 1. The van der Waals surface area contributed by atoms with Gasteiger partial charge in [0.2, 0.25) is 0 Å². The van der Waals surface area contributed by atoms with Gasteiger partial charge in [0.05, 0.1) is 21.7 Å². The zero-order valence-corrected chi connectivity index (χ0v) is 16.8. The lowest BCUT2D eigenvalue weighted by atomic mass is 9.96. The van der Waals surface area contributed by atoms with Gasteiger partial charge in [-0.15, -0.1) is 0 Å². The van der Waals surface area contributed by atoms with E-state index < -0.39 is 0 Å². The Kier molecular flexibility index (Phi) is 5.68. The van der Waals surface area contributed by atoms with Crippen LogP contribution in [0.4, 0.5) is 0 Å². The lowest BCUT2D eigenvalue weighted by Gasteiger charge is -2.40. The summed E-state index contributed by atoms with van der Waals surface area (Å²) in [4.78, 5) is 15.3. The Hall–Kier alpha value is -0.520. The Morgan fingerprint density at radius 3 is 2.35 bits per heavy atom. The molecule has 0 saturated carbocycles. The van der Waals surface area contributed by atoms with Crippen LogP contribution in [-0.4, -0.2) is 48.2 Å². The number of ether oxygens (including phenoxy) is 1. The number of carbonyl (C=O) groups is 1. The highest BCUT2D eigenvalue weighted by atomic mass is 35.5. The van der Waals surface area contributed by atoms with E-state index in [0.717, 1.165) is 26.0 Å². The second-order valence-corrected chi connectivity index (χ2v) is 8.85. The zero-order chi connectivity index (χ0) is 18.3. The second kappa shape index (κ2) is 7.84. The molecule has 3 atom stereocenters. The van der Waals surface area contributed by atoms with Gasteiger partial charge in [-0.05, 0) is 50.7 Å². The maximum Gasteiger partial charge on any atom is 0.254 e. The van der Waals surface area contributed by atoms with Gasteiger partial charge in [-0.25, -0.2) is 0 Å². The van der Waals surface area contributed by atoms with Gasteiger partial charge in [-0.1, -0.05) is 34.8 Å². The molecule has 3 fully saturated rings. The highest BCUT2D eigenvalue weighted by Crippen LogP contribution is 2.37. The molecule has 3 aliphatic rings.